The Kier molecular flexibility index (Phi) is 3.46. The fraction of sp³-hybridized carbons (Fsp3) is 0.0526. The number of hydrogen-bond acceptors (Lipinski definition) is 7. The highest BCUT2D eigenvalue weighted by Gasteiger charge is 2.14. The Morgan fingerprint density at radius 1 is 0.963 bits per heavy atom. The van der Waals surface area contributed by atoms with E-state index in [0.717, 1.165) is 44.9 Å². The number of aryl methyl sites for hydroxylation is 1. The van der Waals surface area contributed by atoms with E-state index in [1.165, 1.54) is 6.39 Å². The van der Waals surface area contributed by atoms with Crippen molar-refractivity contribution in [2.75, 3.05) is 0 Å². The number of nitrogens with zero attached hydrogens (tertiary/aromatic N) is 6. The number of pyridine rings is 3. The van der Waals surface area contributed by atoms with E-state index in [0.29, 0.717) is 5.89 Å². The van der Waals surface area contributed by atoms with Crippen LogP contribution < -0.4 is 0 Å². The van der Waals surface area contributed by atoms with Gasteiger partial charge in [0, 0.05) is 17.5 Å². The Labute approximate surface area is 153 Å². The third-order valence-corrected chi connectivity index (χ3v) is 4.20. The van der Waals surface area contributed by atoms with Gasteiger partial charge in [0.25, 0.3) is 0 Å². The van der Waals surface area contributed by atoms with Crippen LogP contribution in [0.4, 0.5) is 0 Å². The zero-order chi connectivity index (χ0) is 18.2. The Morgan fingerprint density at radius 2 is 1.93 bits per heavy atom. The second-order valence-electron chi connectivity index (χ2n) is 6.03. The van der Waals surface area contributed by atoms with Gasteiger partial charge < -0.3 is 4.42 Å². The molecule has 5 aromatic heterocycles. The topological polar surface area (TPSA) is 106 Å². The quantitative estimate of drug-likeness (QED) is 0.528. The van der Waals surface area contributed by atoms with Crippen LogP contribution in [0.25, 0.3) is 45.1 Å². The number of nitrogens with one attached hydrogen (secondary N) is 1. The molecular formula is C19H13N7O. The van der Waals surface area contributed by atoms with E-state index in [1.807, 2.05) is 43.3 Å². The number of rotatable bonds is 3. The molecule has 0 spiro atoms. The summed E-state index contributed by atoms with van der Waals surface area (Å²) in [6, 6.07) is 11.6. The fourth-order valence-electron chi connectivity index (χ4n) is 2.93. The third kappa shape index (κ3) is 2.73. The molecule has 0 saturated heterocycles. The first-order valence-electron chi connectivity index (χ1n) is 8.29. The van der Waals surface area contributed by atoms with Crippen molar-refractivity contribution in [2.45, 2.75) is 6.92 Å². The molecule has 0 saturated carbocycles. The van der Waals surface area contributed by atoms with Crippen LogP contribution in [0.2, 0.25) is 0 Å². The molecule has 0 amide bonds. The van der Waals surface area contributed by atoms with Crippen molar-refractivity contribution in [3.63, 3.8) is 0 Å². The van der Waals surface area contributed by atoms with Gasteiger partial charge in [-0.25, -0.2) is 4.98 Å². The van der Waals surface area contributed by atoms with Gasteiger partial charge in [0.05, 0.1) is 39.9 Å². The summed E-state index contributed by atoms with van der Waals surface area (Å²) < 4.78 is 5.25. The van der Waals surface area contributed by atoms with Gasteiger partial charge in [-0.2, -0.15) is 5.10 Å². The van der Waals surface area contributed by atoms with Gasteiger partial charge in [0.15, 0.2) is 0 Å². The molecule has 0 radical (unpaired) electrons. The summed E-state index contributed by atoms with van der Waals surface area (Å²) in [5.41, 5.74) is 6.46. The van der Waals surface area contributed by atoms with Crippen LogP contribution in [-0.2, 0) is 0 Å². The standard InChI is InChI=1S/C19H13N7O/c1-11-3-2-4-16(23-11)18-13(9-21-25-18)14-5-6-15-17(24-14)7-12(8-20-15)19-26-22-10-27-19/h2-10H,1H3,(H,21,25). The predicted molar refractivity (Wildman–Crippen MR) is 98.4 cm³/mol. The molecule has 27 heavy (non-hydrogen) atoms. The molecule has 8 nitrogen and oxygen atoms in total. The van der Waals surface area contributed by atoms with Gasteiger partial charge in [-0.3, -0.25) is 15.1 Å². The molecular weight excluding hydrogens is 342 g/mol. The molecule has 0 aliphatic heterocycles. The van der Waals surface area contributed by atoms with Crippen LogP contribution in [0.3, 0.4) is 0 Å². The van der Waals surface area contributed by atoms with Crippen LogP contribution in [0.15, 0.2) is 59.6 Å². The molecule has 1 N–H and O–H groups in total. The average molecular weight is 355 g/mol. The maximum Gasteiger partial charge on any atom is 0.249 e. The van der Waals surface area contributed by atoms with Gasteiger partial charge in [-0.1, -0.05) is 6.07 Å². The highest BCUT2D eigenvalue weighted by Crippen LogP contribution is 2.29. The normalized spacial score (nSPS) is 11.1. The summed E-state index contributed by atoms with van der Waals surface area (Å²) in [5.74, 6) is 0.407. The summed E-state index contributed by atoms with van der Waals surface area (Å²) in [7, 11) is 0. The maximum absolute atomic E-state index is 5.25. The zero-order valence-electron chi connectivity index (χ0n) is 14.3. The van der Waals surface area contributed by atoms with Gasteiger partial charge in [-0.05, 0) is 37.3 Å². The second-order valence-corrected chi connectivity index (χ2v) is 6.03. The van der Waals surface area contributed by atoms with Gasteiger partial charge in [-0.15, -0.1) is 10.2 Å². The van der Waals surface area contributed by atoms with Gasteiger partial charge >= 0.3 is 0 Å². The molecule has 0 aliphatic rings. The molecule has 0 fully saturated rings. The van der Waals surface area contributed by atoms with E-state index in [2.05, 4.69) is 30.4 Å². The molecule has 130 valence electrons. The van der Waals surface area contributed by atoms with Crippen LogP contribution >= 0.6 is 0 Å². The lowest BCUT2D eigenvalue weighted by molar-refractivity contribution is 0.568. The van der Waals surface area contributed by atoms with Crippen molar-refractivity contribution in [1.82, 2.24) is 35.3 Å². The van der Waals surface area contributed by atoms with Crippen molar-refractivity contribution < 1.29 is 4.42 Å². The first-order valence-corrected chi connectivity index (χ1v) is 8.29. The highest BCUT2D eigenvalue weighted by molar-refractivity contribution is 5.84. The fourth-order valence-corrected chi connectivity index (χ4v) is 2.93. The van der Waals surface area contributed by atoms with E-state index in [1.54, 1.807) is 12.4 Å². The predicted octanol–water partition coefficient (Wildman–Crippen LogP) is 3.44. The molecule has 5 aromatic rings. The summed E-state index contributed by atoms with van der Waals surface area (Å²) in [4.78, 5) is 13.8. The van der Waals surface area contributed by atoms with Crippen molar-refractivity contribution in [3.8, 4) is 34.1 Å². The monoisotopic (exact) mass is 355 g/mol. The Balaban J connectivity index is 1.63. The van der Waals surface area contributed by atoms with E-state index in [9.17, 15) is 0 Å². The minimum atomic E-state index is 0.407. The maximum atomic E-state index is 5.25. The van der Waals surface area contributed by atoms with Crippen LogP contribution in [-0.4, -0.2) is 35.3 Å². The van der Waals surface area contributed by atoms with Crippen molar-refractivity contribution >= 4 is 11.0 Å². The summed E-state index contributed by atoms with van der Waals surface area (Å²) >= 11 is 0. The number of aromatic amines is 1. The SMILES string of the molecule is Cc1cccc(-c2[nH]ncc2-c2ccc3ncc(-c4nnco4)cc3n2)n1. The van der Waals surface area contributed by atoms with E-state index in [-0.39, 0.29) is 0 Å². The molecule has 0 unspecified atom stereocenters. The Bertz CT molecular complexity index is 1240. The van der Waals surface area contributed by atoms with Gasteiger partial charge in [0.1, 0.15) is 0 Å². The van der Waals surface area contributed by atoms with Crippen molar-refractivity contribution in [1.29, 1.82) is 0 Å². The van der Waals surface area contributed by atoms with Gasteiger partial charge in [0.2, 0.25) is 12.3 Å². The summed E-state index contributed by atoms with van der Waals surface area (Å²) in [6.45, 7) is 1.96. The molecule has 0 atom stereocenters. The first kappa shape index (κ1) is 15.3. The molecule has 0 aromatic carbocycles. The van der Waals surface area contributed by atoms with Crippen LogP contribution in [0, 0.1) is 6.92 Å². The minimum absolute atomic E-state index is 0.407. The van der Waals surface area contributed by atoms with Crippen molar-refractivity contribution in [3.05, 3.63) is 60.9 Å². The Hall–Kier alpha value is -3.94. The van der Waals surface area contributed by atoms with Crippen LogP contribution in [0.1, 0.15) is 5.69 Å². The second kappa shape index (κ2) is 6.10. The van der Waals surface area contributed by atoms with E-state index < -0.39 is 0 Å². The lowest BCUT2D eigenvalue weighted by Crippen LogP contribution is -1.92. The summed E-state index contributed by atoms with van der Waals surface area (Å²) in [5, 5.41) is 14.8. The minimum Gasteiger partial charge on any atom is -0.423 e. The molecule has 0 aliphatic carbocycles. The molecule has 8 heteroatoms. The molecule has 0 bridgehead atoms. The molecule has 5 heterocycles. The smallest absolute Gasteiger partial charge is 0.249 e. The van der Waals surface area contributed by atoms with E-state index in [4.69, 9.17) is 9.40 Å². The third-order valence-electron chi connectivity index (χ3n) is 4.20. The zero-order valence-corrected chi connectivity index (χ0v) is 14.3. The lowest BCUT2D eigenvalue weighted by atomic mass is 10.1. The number of aromatic nitrogens is 7. The summed E-state index contributed by atoms with van der Waals surface area (Å²) in [6.07, 6.45) is 4.73. The largest absolute Gasteiger partial charge is 0.423 e. The molecule has 5 rings (SSSR count). The number of H-pyrrole nitrogens is 1. The van der Waals surface area contributed by atoms with Crippen LogP contribution in [0.5, 0.6) is 0 Å². The highest BCUT2D eigenvalue weighted by atomic mass is 16.4. The number of hydrogen-bond donors (Lipinski definition) is 1. The first-order chi connectivity index (χ1) is 13.3. The lowest BCUT2D eigenvalue weighted by Gasteiger charge is -2.05. The Morgan fingerprint density at radius 3 is 2.78 bits per heavy atom. The van der Waals surface area contributed by atoms with Crippen molar-refractivity contribution in [2.24, 2.45) is 0 Å². The number of fused-ring (bicyclic) bond motifs is 1. The average Bonchev–Trinajstić information content (AvgIpc) is 3.39. The van der Waals surface area contributed by atoms with E-state index >= 15 is 0 Å².